The number of hydrogen-bond acceptors (Lipinski definition) is 10. The molecule has 1 amide bonds. The van der Waals surface area contributed by atoms with Crippen LogP contribution in [0.5, 0.6) is 5.75 Å². The molecule has 4 aliphatic rings. The average Bonchev–Trinajstić information content (AvgIpc) is 2.90. The van der Waals surface area contributed by atoms with E-state index in [0.717, 1.165) is 70.1 Å². The average molecular weight is 484 g/mol. The lowest BCUT2D eigenvalue weighted by atomic mass is 9.91. The van der Waals surface area contributed by atoms with Gasteiger partial charge in [-0.1, -0.05) is 0 Å². The van der Waals surface area contributed by atoms with Crippen molar-refractivity contribution < 1.29 is 9.53 Å². The Morgan fingerprint density at radius 2 is 1.86 bits per heavy atom. The number of ether oxygens (including phenoxy) is 1. The van der Waals surface area contributed by atoms with Crippen LogP contribution < -0.4 is 36.9 Å². The van der Waals surface area contributed by atoms with Gasteiger partial charge in [0, 0.05) is 70.0 Å². The number of anilines is 1. The predicted molar refractivity (Wildman–Crippen MR) is 132 cm³/mol. The summed E-state index contributed by atoms with van der Waals surface area (Å²) >= 11 is 0. The number of nitriles is 1. The highest BCUT2D eigenvalue weighted by atomic mass is 16.5. The van der Waals surface area contributed by atoms with Crippen LogP contribution in [0.3, 0.4) is 0 Å². The number of likely N-dealkylation sites (tertiary alicyclic amines) is 1. The quantitative estimate of drug-likeness (QED) is 0.289. The first-order valence-corrected chi connectivity index (χ1v) is 12.8. The van der Waals surface area contributed by atoms with E-state index in [9.17, 15) is 10.1 Å². The van der Waals surface area contributed by atoms with Gasteiger partial charge in [-0.05, 0) is 37.1 Å². The van der Waals surface area contributed by atoms with Gasteiger partial charge in [-0.15, -0.1) is 0 Å². The van der Waals surface area contributed by atoms with Crippen molar-refractivity contribution in [2.24, 2.45) is 11.8 Å². The number of benzene rings is 1. The van der Waals surface area contributed by atoms with Crippen molar-refractivity contribution in [1.82, 2.24) is 36.6 Å². The number of carbonyl (C=O) groups excluding carboxylic acids is 1. The summed E-state index contributed by atoms with van der Waals surface area (Å²) in [6, 6.07) is 10.4. The molecule has 11 heteroatoms. The zero-order valence-corrected chi connectivity index (χ0v) is 20.1. The molecule has 6 N–H and O–H groups in total. The summed E-state index contributed by atoms with van der Waals surface area (Å²) in [4.78, 5) is 17.5. The standard InChI is InChI=1S/C24H37N9O2/c25-15-17-5-9-33(10-6-17)24-29-20-16-27-31-23(34)21(20)22(30-24)28-18-1-3-19(4-2-18)35-14-13-32-11-7-26-8-12-32/h1-4,17,20-22,24,26-30H,5-14,16H2,(H,31,34). The molecule has 1 aromatic rings. The highest BCUT2D eigenvalue weighted by Gasteiger charge is 2.45. The van der Waals surface area contributed by atoms with Gasteiger partial charge in [0.05, 0.1) is 18.2 Å². The summed E-state index contributed by atoms with van der Waals surface area (Å²) in [6.07, 6.45) is 1.45. The highest BCUT2D eigenvalue weighted by Crippen LogP contribution is 2.25. The van der Waals surface area contributed by atoms with Gasteiger partial charge in [0.2, 0.25) is 5.91 Å². The molecule has 0 radical (unpaired) electrons. The van der Waals surface area contributed by atoms with E-state index in [1.165, 1.54) is 0 Å². The second kappa shape index (κ2) is 11.5. The summed E-state index contributed by atoms with van der Waals surface area (Å²) in [5.74, 6) is 0.684. The van der Waals surface area contributed by atoms with Crippen molar-refractivity contribution in [3.05, 3.63) is 24.3 Å². The van der Waals surface area contributed by atoms with Crippen molar-refractivity contribution >= 4 is 11.6 Å². The third kappa shape index (κ3) is 6.03. The maximum absolute atomic E-state index is 12.7. The van der Waals surface area contributed by atoms with E-state index >= 15 is 0 Å². The molecule has 4 saturated heterocycles. The van der Waals surface area contributed by atoms with Gasteiger partial charge in [-0.25, -0.2) is 5.43 Å². The third-order valence-corrected chi connectivity index (χ3v) is 7.48. The van der Waals surface area contributed by atoms with Crippen molar-refractivity contribution in [3.8, 4) is 11.8 Å². The summed E-state index contributed by atoms with van der Waals surface area (Å²) in [5, 5.41) is 23.4. The number of rotatable bonds is 7. The minimum atomic E-state index is -0.265. The van der Waals surface area contributed by atoms with Crippen LogP contribution in [0, 0.1) is 23.2 Å². The van der Waals surface area contributed by atoms with Gasteiger partial charge < -0.3 is 15.4 Å². The van der Waals surface area contributed by atoms with Gasteiger partial charge >= 0.3 is 0 Å². The van der Waals surface area contributed by atoms with Gasteiger partial charge in [0.1, 0.15) is 18.6 Å². The van der Waals surface area contributed by atoms with Crippen LogP contribution in [0.4, 0.5) is 5.69 Å². The Kier molecular flexibility index (Phi) is 7.98. The molecule has 4 aliphatic heterocycles. The van der Waals surface area contributed by atoms with Crippen LogP contribution in [0.15, 0.2) is 24.3 Å². The largest absolute Gasteiger partial charge is 0.492 e. The molecule has 0 saturated carbocycles. The number of carbonyl (C=O) groups is 1. The Labute approximate surface area is 206 Å². The molecule has 0 bridgehead atoms. The Morgan fingerprint density at radius 3 is 2.60 bits per heavy atom. The van der Waals surface area contributed by atoms with Gasteiger partial charge in [-0.2, -0.15) is 5.26 Å². The number of fused-ring (bicyclic) bond motifs is 1. The second-order valence-electron chi connectivity index (χ2n) is 9.76. The molecule has 4 unspecified atom stereocenters. The molecule has 4 atom stereocenters. The van der Waals surface area contributed by atoms with E-state index in [1.54, 1.807) is 0 Å². The highest BCUT2D eigenvalue weighted by molar-refractivity contribution is 5.81. The first-order chi connectivity index (χ1) is 17.2. The molecular formula is C24H37N9O2. The maximum atomic E-state index is 12.7. The first-order valence-electron chi connectivity index (χ1n) is 12.8. The van der Waals surface area contributed by atoms with Crippen LogP contribution in [0.25, 0.3) is 0 Å². The second-order valence-corrected chi connectivity index (χ2v) is 9.76. The molecule has 4 heterocycles. The summed E-state index contributed by atoms with van der Waals surface area (Å²) in [6.45, 7) is 8.18. The zero-order valence-electron chi connectivity index (χ0n) is 20.1. The third-order valence-electron chi connectivity index (χ3n) is 7.48. The molecule has 35 heavy (non-hydrogen) atoms. The Morgan fingerprint density at radius 1 is 1.09 bits per heavy atom. The predicted octanol–water partition coefficient (Wildman–Crippen LogP) is -0.960. The molecular weight excluding hydrogens is 446 g/mol. The van der Waals surface area contributed by atoms with E-state index in [-0.39, 0.29) is 36.2 Å². The lowest BCUT2D eigenvalue weighted by Gasteiger charge is -2.49. The number of piperidine rings is 1. The molecule has 0 aliphatic carbocycles. The zero-order chi connectivity index (χ0) is 24.0. The number of nitrogens with zero attached hydrogens (tertiary/aromatic N) is 3. The lowest BCUT2D eigenvalue weighted by molar-refractivity contribution is -0.132. The number of hydrazine groups is 1. The summed E-state index contributed by atoms with van der Waals surface area (Å²) in [5.41, 5.74) is 6.72. The molecule has 11 nitrogen and oxygen atoms in total. The first kappa shape index (κ1) is 24.2. The molecule has 0 spiro atoms. The topological polar surface area (TPSA) is 129 Å². The van der Waals surface area contributed by atoms with Gasteiger partial charge in [0.25, 0.3) is 0 Å². The fraction of sp³-hybridized carbons (Fsp3) is 0.667. The van der Waals surface area contributed by atoms with E-state index < -0.39 is 0 Å². The monoisotopic (exact) mass is 483 g/mol. The Bertz CT molecular complexity index is 878. The van der Waals surface area contributed by atoms with Crippen LogP contribution in [-0.2, 0) is 4.79 Å². The van der Waals surface area contributed by atoms with E-state index in [1.807, 2.05) is 24.3 Å². The van der Waals surface area contributed by atoms with Crippen LogP contribution in [0.2, 0.25) is 0 Å². The minimum absolute atomic E-state index is 0.00576. The van der Waals surface area contributed by atoms with E-state index in [2.05, 4.69) is 48.0 Å². The van der Waals surface area contributed by atoms with Gasteiger partial charge in [0.15, 0.2) is 0 Å². The van der Waals surface area contributed by atoms with E-state index in [4.69, 9.17) is 4.74 Å². The maximum Gasteiger partial charge on any atom is 0.242 e. The van der Waals surface area contributed by atoms with Crippen LogP contribution >= 0.6 is 0 Å². The number of piperazine rings is 1. The van der Waals surface area contributed by atoms with Crippen LogP contribution in [0.1, 0.15) is 12.8 Å². The van der Waals surface area contributed by atoms with Crippen molar-refractivity contribution in [2.45, 2.75) is 31.3 Å². The van der Waals surface area contributed by atoms with E-state index in [0.29, 0.717) is 13.2 Å². The summed E-state index contributed by atoms with van der Waals surface area (Å²) < 4.78 is 5.95. The molecule has 190 valence electrons. The van der Waals surface area contributed by atoms with Crippen molar-refractivity contribution in [2.75, 3.05) is 64.3 Å². The Balaban J connectivity index is 1.19. The fourth-order valence-electron chi connectivity index (χ4n) is 5.40. The number of amides is 1. The molecule has 0 aromatic heterocycles. The SMILES string of the molecule is N#CC1CCN(C2NC3CNNC(=O)C3C(Nc3ccc(OCCN4CCNCC4)cc3)N2)CC1. The van der Waals surface area contributed by atoms with Crippen molar-refractivity contribution in [1.29, 1.82) is 5.26 Å². The normalized spacial score (nSPS) is 30.7. The molecule has 4 fully saturated rings. The smallest absolute Gasteiger partial charge is 0.242 e. The summed E-state index contributed by atoms with van der Waals surface area (Å²) in [7, 11) is 0. The number of hydrogen-bond donors (Lipinski definition) is 6. The lowest BCUT2D eigenvalue weighted by Crippen LogP contribution is -2.77. The van der Waals surface area contributed by atoms with Crippen molar-refractivity contribution in [3.63, 3.8) is 0 Å². The molecule has 5 rings (SSSR count). The minimum Gasteiger partial charge on any atom is -0.492 e. The fourth-order valence-corrected chi connectivity index (χ4v) is 5.40. The van der Waals surface area contributed by atoms with Gasteiger partial charge in [-0.3, -0.25) is 30.7 Å². The number of nitrogens with one attached hydrogen (secondary N) is 6. The van der Waals surface area contributed by atoms with Crippen LogP contribution in [-0.4, -0.2) is 93.2 Å². The molecule has 1 aromatic carbocycles. The Hall–Kier alpha value is -2.46.